The number of fused-ring (bicyclic) bond motifs is 1. The van der Waals surface area contributed by atoms with Gasteiger partial charge in [-0.05, 0) is 42.0 Å². The Kier molecular flexibility index (Phi) is 6.04. The van der Waals surface area contributed by atoms with E-state index in [0.29, 0.717) is 31.2 Å². The zero-order valence-corrected chi connectivity index (χ0v) is 17.2. The van der Waals surface area contributed by atoms with Crippen molar-refractivity contribution in [1.29, 1.82) is 0 Å². The lowest BCUT2D eigenvalue weighted by atomic mass is 9.78. The molecule has 1 aliphatic heterocycles. The fraction of sp³-hybridized carbons (Fsp3) is 0.455. The van der Waals surface area contributed by atoms with Gasteiger partial charge in [-0.1, -0.05) is 25.0 Å². The largest absolute Gasteiger partial charge is 0.486 e. The van der Waals surface area contributed by atoms with Crippen LogP contribution >= 0.6 is 11.3 Å². The summed E-state index contributed by atoms with van der Waals surface area (Å²) in [6.07, 6.45) is 4.67. The average molecular weight is 415 g/mol. The molecule has 0 bridgehead atoms. The van der Waals surface area contributed by atoms with Gasteiger partial charge in [0.25, 0.3) is 5.91 Å². The van der Waals surface area contributed by atoms with Gasteiger partial charge in [0.2, 0.25) is 5.91 Å². The summed E-state index contributed by atoms with van der Waals surface area (Å²) in [6, 6.07) is 9.77. The minimum atomic E-state index is -0.128. The third-order valence-corrected chi connectivity index (χ3v) is 6.59. The number of hydrogen-bond acceptors (Lipinski definition) is 5. The van der Waals surface area contributed by atoms with Crippen LogP contribution in [0.15, 0.2) is 35.7 Å². The number of amides is 2. The van der Waals surface area contributed by atoms with Crippen LogP contribution in [0.1, 0.15) is 47.3 Å². The first-order chi connectivity index (χ1) is 14.2. The van der Waals surface area contributed by atoms with E-state index in [1.807, 2.05) is 17.5 Å². The Hall–Kier alpha value is -2.54. The van der Waals surface area contributed by atoms with Crippen LogP contribution in [-0.2, 0) is 10.2 Å². The molecule has 0 radical (unpaired) electrons. The minimum Gasteiger partial charge on any atom is -0.486 e. The molecule has 6 nitrogen and oxygen atoms in total. The van der Waals surface area contributed by atoms with Gasteiger partial charge in [0.05, 0.1) is 4.88 Å². The number of carbonyl (C=O) groups is 2. The molecule has 2 heterocycles. The second-order valence-corrected chi connectivity index (χ2v) is 8.55. The third kappa shape index (κ3) is 4.56. The lowest BCUT2D eigenvalue weighted by molar-refractivity contribution is -0.121. The van der Waals surface area contributed by atoms with Crippen molar-refractivity contribution in [2.24, 2.45) is 0 Å². The summed E-state index contributed by atoms with van der Waals surface area (Å²) in [5, 5.41) is 7.75. The van der Waals surface area contributed by atoms with Crippen LogP contribution in [0.4, 0.5) is 0 Å². The van der Waals surface area contributed by atoms with Crippen molar-refractivity contribution in [3.05, 3.63) is 46.2 Å². The van der Waals surface area contributed by atoms with E-state index >= 15 is 0 Å². The summed E-state index contributed by atoms with van der Waals surface area (Å²) in [5.74, 6) is 1.41. The molecular formula is C22H26N2O4S. The number of thiophene rings is 1. The maximum absolute atomic E-state index is 12.4. The number of nitrogens with one attached hydrogen (secondary N) is 2. The number of benzene rings is 1. The Bertz CT molecular complexity index is 860. The van der Waals surface area contributed by atoms with Gasteiger partial charge in [-0.2, -0.15) is 0 Å². The number of rotatable bonds is 7. The predicted octanol–water partition coefficient (Wildman–Crippen LogP) is 3.27. The highest BCUT2D eigenvalue weighted by atomic mass is 32.1. The molecule has 7 heteroatoms. The summed E-state index contributed by atoms with van der Waals surface area (Å²) in [6.45, 7) is 2.08. The molecule has 1 fully saturated rings. The third-order valence-electron chi connectivity index (χ3n) is 5.72. The summed E-state index contributed by atoms with van der Waals surface area (Å²) in [5.41, 5.74) is 1.14. The van der Waals surface area contributed by atoms with E-state index in [1.165, 1.54) is 16.9 Å². The molecule has 2 N–H and O–H groups in total. The maximum atomic E-state index is 12.4. The van der Waals surface area contributed by atoms with Gasteiger partial charge < -0.3 is 20.1 Å². The highest BCUT2D eigenvalue weighted by Crippen LogP contribution is 2.43. The Morgan fingerprint density at radius 3 is 2.59 bits per heavy atom. The van der Waals surface area contributed by atoms with Gasteiger partial charge in [0.15, 0.2) is 11.5 Å². The van der Waals surface area contributed by atoms with Gasteiger partial charge >= 0.3 is 0 Å². The molecule has 0 unspecified atom stereocenters. The molecular weight excluding hydrogens is 388 g/mol. The SMILES string of the molecule is O=C(CCNC(=O)c1cccs1)NCC1(c2ccc3c(c2)OCCO3)CCCC1. The van der Waals surface area contributed by atoms with Crippen LogP contribution in [0.5, 0.6) is 11.5 Å². The molecule has 154 valence electrons. The first kappa shape index (κ1) is 19.8. The Morgan fingerprint density at radius 2 is 1.83 bits per heavy atom. The summed E-state index contributed by atoms with van der Waals surface area (Å²) in [7, 11) is 0. The normalized spacial score (nSPS) is 17.0. The van der Waals surface area contributed by atoms with Crippen molar-refractivity contribution < 1.29 is 19.1 Å². The minimum absolute atomic E-state index is 0.0414. The first-order valence-corrected chi connectivity index (χ1v) is 11.0. The molecule has 2 aliphatic rings. The van der Waals surface area contributed by atoms with Gasteiger partial charge in [-0.3, -0.25) is 9.59 Å². The van der Waals surface area contributed by atoms with Crippen LogP contribution < -0.4 is 20.1 Å². The van der Waals surface area contributed by atoms with E-state index in [-0.39, 0.29) is 23.7 Å². The zero-order chi connectivity index (χ0) is 20.1. The average Bonchev–Trinajstić information content (AvgIpc) is 3.45. The monoisotopic (exact) mass is 414 g/mol. The molecule has 2 aromatic rings. The van der Waals surface area contributed by atoms with E-state index in [4.69, 9.17) is 9.47 Å². The lowest BCUT2D eigenvalue weighted by Gasteiger charge is -2.31. The van der Waals surface area contributed by atoms with Crippen LogP contribution in [-0.4, -0.2) is 38.1 Å². The lowest BCUT2D eigenvalue weighted by Crippen LogP contribution is -2.40. The topological polar surface area (TPSA) is 76.7 Å². The standard InChI is InChI=1S/C22H26N2O4S/c25-20(7-10-23-21(26)19-4-3-13-29-19)24-15-22(8-1-2-9-22)16-5-6-17-18(14-16)28-12-11-27-17/h3-6,13-14H,1-2,7-12,15H2,(H,23,26)(H,24,25). The maximum Gasteiger partial charge on any atom is 0.261 e. The first-order valence-electron chi connectivity index (χ1n) is 10.1. The Balaban J connectivity index is 1.32. The smallest absolute Gasteiger partial charge is 0.261 e. The van der Waals surface area contributed by atoms with E-state index in [9.17, 15) is 9.59 Å². The second-order valence-electron chi connectivity index (χ2n) is 7.61. The molecule has 0 spiro atoms. The molecule has 1 saturated carbocycles. The summed E-state index contributed by atoms with van der Waals surface area (Å²) >= 11 is 1.39. The van der Waals surface area contributed by atoms with Crippen molar-refractivity contribution in [2.45, 2.75) is 37.5 Å². The van der Waals surface area contributed by atoms with Crippen molar-refractivity contribution in [1.82, 2.24) is 10.6 Å². The zero-order valence-electron chi connectivity index (χ0n) is 16.4. The van der Waals surface area contributed by atoms with Crippen molar-refractivity contribution in [3.63, 3.8) is 0 Å². The van der Waals surface area contributed by atoms with Crippen LogP contribution in [0.3, 0.4) is 0 Å². The van der Waals surface area contributed by atoms with E-state index < -0.39 is 0 Å². The summed E-state index contributed by atoms with van der Waals surface area (Å²) < 4.78 is 11.4. The molecule has 0 saturated heterocycles. The van der Waals surface area contributed by atoms with E-state index in [1.54, 1.807) is 6.07 Å². The molecule has 29 heavy (non-hydrogen) atoms. The van der Waals surface area contributed by atoms with Crippen LogP contribution in [0, 0.1) is 0 Å². The van der Waals surface area contributed by atoms with Gasteiger partial charge in [-0.25, -0.2) is 0 Å². The summed E-state index contributed by atoms with van der Waals surface area (Å²) in [4.78, 5) is 25.0. The quantitative estimate of drug-likeness (QED) is 0.729. The molecule has 1 aromatic carbocycles. The van der Waals surface area contributed by atoms with Crippen LogP contribution in [0.2, 0.25) is 0 Å². The van der Waals surface area contributed by atoms with Gasteiger partial charge in [0.1, 0.15) is 13.2 Å². The molecule has 1 aliphatic carbocycles. The highest BCUT2D eigenvalue weighted by Gasteiger charge is 2.36. The number of ether oxygens (including phenoxy) is 2. The molecule has 4 rings (SSSR count). The Morgan fingerprint density at radius 1 is 1.03 bits per heavy atom. The number of carbonyl (C=O) groups excluding carboxylic acids is 2. The fourth-order valence-electron chi connectivity index (χ4n) is 4.13. The van der Waals surface area contributed by atoms with Crippen molar-refractivity contribution >= 4 is 23.2 Å². The molecule has 2 amide bonds. The van der Waals surface area contributed by atoms with Crippen molar-refractivity contribution in [2.75, 3.05) is 26.3 Å². The Labute approximate surface area is 174 Å². The van der Waals surface area contributed by atoms with E-state index in [2.05, 4.69) is 22.8 Å². The van der Waals surface area contributed by atoms with Gasteiger partial charge in [-0.15, -0.1) is 11.3 Å². The number of hydrogen-bond donors (Lipinski definition) is 2. The van der Waals surface area contributed by atoms with Gasteiger partial charge in [0, 0.05) is 24.9 Å². The van der Waals surface area contributed by atoms with E-state index in [0.717, 1.165) is 37.2 Å². The van der Waals surface area contributed by atoms with Crippen molar-refractivity contribution in [3.8, 4) is 11.5 Å². The predicted molar refractivity (Wildman–Crippen MR) is 112 cm³/mol. The fourth-order valence-corrected chi connectivity index (χ4v) is 4.77. The highest BCUT2D eigenvalue weighted by molar-refractivity contribution is 7.12. The molecule has 0 atom stereocenters. The van der Waals surface area contributed by atoms with Crippen LogP contribution in [0.25, 0.3) is 0 Å². The second kappa shape index (κ2) is 8.86. The molecule has 1 aromatic heterocycles.